The Kier molecular flexibility index (Phi) is 5.43. The van der Waals surface area contributed by atoms with Crippen molar-refractivity contribution in [3.63, 3.8) is 0 Å². The highest BCUT2D eigenvalue weighted by atomic mass is 32.2. The van der Waals surface area contributed by atoms with E-state index in [9.17, 15) is 17.7 Å². The molecule has 26 heavy (non-hydrogen) atoms. The van der Waals surface area contributed by atoms with E-state index >= 15 is 0 Å². The van der Waals surface area contributed by atoms with E-state index in [1.165, 1.54) is 12.1 Å². The zero-order valence-corrected chi connectivity index (χ0v) is 16.2. The van der Waals surface area contributed by atoms with Gasteiger partial charge in [0.2, 0.25) is 0 Å². The number of nitrogens with zero attached hydrogens (tertiary/aromatic N) is 2. The highest BCUT2D eigenvalue weighted by Gasteiger charge is 2.42. The van der Waals surface area contributed by atoms with E-state index in [2.05, 4.69) is 9.30 Å². The minimum atomic E-state index is -4.31. The molecule has 1 unspecified atom stereocenters. The maximum absolute atomic E-state index is 12.9. The fourth-order valence-corrected chi connectivity index (χ4v) is 4.45. The molecule has 1 aliphatic heterocycles. The summed E-state index contributed by atoms with van der Waals surface area (Å²) >= 11 is -1.25. The average Bonchev–Trinajstić information content (AvgIpc) is 3.07. The predicted octanol–water partition coefficient (Wildman–Crippen LogP) is 4.45. The summed E-state index contributed by atoms with van der Waals surface area (Å²) in [6.45, 7) is 7.88. The average molecular weight is 386 g/mol. The van der Waals surface area contributed by atoms with Gasteiger partial charge < -0.3 is 4.55 Å². The summed E-state index contributed by atoms with van der Waals surface area (Å²) in [6.07, 6.45) is -2.41. The molecule has 0 aromatic heterocycles. The Morgan fingerprint density at radius 3 is 2.62 bits per heavy atom. The molecule has 1 aromatic carbocycles. The van der Waals surface area contributed by atoms with Crippen LogP contribution in [0.3, 0.4) is 0 Å². The summed E-state index contributed by atoms with van der Waals surface area (Å²) in [4.78, 5) is 2.19. The van der Waals surface area contributed by atoms with Crippen LogP contribution in [0.1, 0.15) is 44.7 Å². The third-order valence-electron chi connectivity index (χ3n) is 5.10. The van der Waals surface area contributed by atoms with Crippen molar-refractivity contribution >= 4 is 17.1 Å². The summed E-state index contributed by atoms with van der Waals surface area (Å²) in [7, 11) is 0. The van der Waals surface area contributed by atoms with Gasteiger partial charge in [0, 0.05) is 25.6 Å². The molecule has 1 saturated carbocycles. The minimum absolute atomic E-state index is 0.284. The van der Waals surface area contributed by atoms with Crippen molar-refractivity contribution < 1.29 is 17.7 Å². The Morgan fingerprint density at radius 1 is 1.23 bits per heavy atom. The fraction of sp³-hybridized carbons (Fsp3) is 0.632. The largest absolute Gasteiger partial charge is 0.591 e. The second-order valence-electron chi connectivity index (χ2n) is 8.24. The maximum Gasteiger partial charge on any atom is 0.416 e. The van der Waals surface area contributed by atoms with Crippen LogP contribution >= 0.6 is 0 Å². The molecule has 2 aliphatic rings. The molecular weight excluding hydrogens is 361 g/mol. The first-order valence-electron chi connectivity index (χ1n) is 8.92. The van der Waals surface area contributed by atoms with Gasteiger partial charge in [-0.2, -0.15) is 13.2 Å². The molecule has 3 nitrogen and oxygen atoms in total. The Balaban J connectivity index is 1.67. The quantitative estimate of drug-likeness (QED) is 0.720. The second-order valence-corrected chi connectivity index (χ2v) is 10.1. The smallest absolute Gasteiger partial charge is 0.416 e. The van der Waals surface area contributed by atoms with E-state index in [1.807, 2.05) is 20.8 Å². The minimum Gasteiger partial charge on any atom is -0.591 e. The first-order valence-corrected chi connectivity index (χ1v) is 10.0. The summed E-state index contributed by atoms with van der Waals surface area (Å²) in [5.74, 6) is 0.753. The van der Waals surface area contributed by atoms with Crippen molar-refractivity contribution in [3.05, 3.63) is 35.4 Å². The summed E-state index contributed by atoms with van der Waals surface area (Å²) < 4.78 is 55.1. The van der Waals surface area contributed by atoms with E-state index in [1.54, 1.807) is 6.07 Å². The Morgan fingerprint density at radius 2 is 1.96 bits per heavy atom. The number of rotatable bonds is 3. The van der Waals surface area contributed by atoms with Gasteiger partial charge in [-0.3, -0.25) is 4.90 Å². The van der Waals surface area contributed by atoms with Crippen molar-refractivity contribution in [3.8, 4) is 0 Å². The Hall–Kier alpha value is -1.05. The molecule has 0 amide bonds. The lowest BCUT2D eigenvalue weighted by atomic mass is 10.00. The first-order chi connectivity index (χ1) is 12.0. The zero-order valence-electron chi connectivity index (χ0n) is 15.3. The van der Waals surface area contributed by atoms with Crippen molar-refractivity contribution in [2.45, 2.75) is 51.1 Å². The van der Waals surface area contributed by atoms with Crippen LogP contribution in [0.2, 0.25) is 0 Å². The van der Waals surface area contributed by atoms with E-state index < -0.39 is 23.1 Å². The molecule has 0 spiro atoms. The van der Waals surface area contributed by atoms with Crippen LogP contribution in [-0.4, -0.2) is 33.0 Å². The third kappa shape index (κ3) is 4.43. The molecule has 1 saturated heterocycles. The molecule has 3 rings (SSSR count). The van der Waals surface area contributed by atoms with Gasteiger partial charge in [0.25, 0.3) is 0 Å². The molecule has 2 fully saturated rings. The highest BCUT2D eigenvalue weighted by molar-refractivity contribution is 7.91. The van der Waals surface area contributed by atoms with Crippen molar-refractivity contribution in [2.24, 2.45) is 16.2 Å². The van der Waals surface area contributed by atoms with Crippen LogP contribution in [-0.2, 0) is 24.1 Å². The molecule has 0 bridgehead atoms. The molecule has 1 aliphatic carbocycles. The number of fused-ring (bicyclic) bond motifs is 1. The number of halogens is 3. The van der Waals surface area contributed by atoms with Crippen LogP contribution in [0.25, 0.3) is 0 Å². The SMILES string of the molecule is CC(C)(C)[S+]([O-])/N=C1\CC[C@H]2CN(Cc3cccc(C(F)(F)F)c3)C[C@@H]12. The summed E-state index contributed by atoms with van der Waals surface area (Å²) in [5, 5.41) is 0. The number of alkyl halides is 3. The Bertz CT molecular complexity index is 684. The normalized spacial score (nSPS) is 27.1. The van der Waals surface area contributed by atoms with Crippen LogP contribution in [0, 0.1) is 11.8 Å². The molecule has 1 aromatic rings. The van der Waals surface area contributed by atoms with Crippen molar-refractivity contribution in [1.82, 2.24) is 4.90 Å². The van der Waals surface area contributed by atoms with Crippen LogP contribution in [0.4, 0.5) is 13.2 Å². The third-order valence-corrected chi connectivity index (χ3v) is 6.55. The van der Waals surface area contributed by atoms with Crippen molar-refractivity contribution in [1.29, 1.82) is 0 Å². The van der Waals surface area contributed by atoms with Crippen LogP contribution in [0.5, 0.6) is 0 Å². The molecule has 3 atom stereocenters. The van der Waals surface area contributed by atoms with E-state index in [0.717, 1.165) is 37.7 Å². The molecule has 7 heteroatoms. The number of likely N-dealkylation sites (tertiary alicyclic amines) is 1. The second kappa shape index (κ2) is 7.17. The number of benzene rings is 1. The zero-order chi connectivity index (χ0) is 19.1. The van der Waals surface area contributed by atoms with E-state index in [-0.39, 0.29) is 10.7 Å². The number of hydrogen-bond acceptors (Lipinski definition) is 3. The first kappa shape index (κ1) is 19.7. The van der Waals surface area contributed by atoms with E-state index in [4.69, 9.17) is 0 Å². The monoisotopic (exact) mass is 386 g/mol. The van der Waals surface area contributed by atoms with Gasteiger partial charge in [0.1, 0.15) is 16.1 Å². The molecule has 0 N–H and O–H groups in total. The van der Waals surface area contributed by atoms with Gasteiger partial charge in [-0.05, 0) is 51.2 Å². The Labute approximate surface area is 156 Å². The van der Waals surface area contributed by atoms with Gasteiger partial charge in [-0.1, -0.05) is 22.6 Å². The number of hydrogen-bond donors (Lipinski definition) is 0. The lowest BCUT2D eigenvalue weighted by molar-refractivity contribution is -0.137. The molecule has 0 radical (unpaired) electrons. The standard InChI is InChI=1S/C19H25F3N2OS/c1-18(2,3)26(25)23-17-8-7-14-11-24(12-16(14)17)10-13-5-4-6-15(9-13)19(20,21)22/h4-6,9,14,16H,7-8,10-12H2,1-3H3/b23-17+/t14-,16+,26?/m0/s1. The van der Waals surface area contributed by atoms with Gasteiger partial charge >= 0.3 is 6.18 Å². The topological polar surface area (TPSA) is 38.7 Å². The molecule has 1 heterocycles. The van der Waals surface area contributed by atoms with Crippen LogP contribution in [0.15, 0.2) is 28.7 Å². The fourth-order valence-electron chi connectivity index (χ4n) is 3.74. The van der Waals surface area contributed by atoms with Crippen molar-refractivity contribution in [2.75, 3.05) is 13.1 Å². The van der Waals surface area contributed by atoms with Crippen LogP contribution < -0.4 is 0 Å². The summed E-state index contributed by atoms with van der Waals surface area (Å²) in [5.41, 5.74) is 1.10. The lowest BCUT2D eigenvalue weighted by Gasteiger charge is -2.20. The lowest BCUT2D eigenvalue weighted by Crippen LogP contribution is -2.28. The van der Waals surface area contributed by atoms with E-state index in [0.29, 0.717) is 18.0 Å². The van der Waals surface area contributed by atoms with Gasteiger partial charge in [-0.15, -0.1) is 0 Å². The predicted molar refractivity (Wildman–Crippen MR) is 98.3 cm³/mol. The van der Waals surface area contributed by atoms with Gasteiger partial charge in [0.15, 0.2) is 0 Å². The van der Waals surface area contributed by atoms with Gasteiger partial charge in [-0.25, -0.2) is 0 Å². The summed E-state index contributed by atoms with van der Waals surface area (Å²) in [6, 6.07) is 5.55. The maximum atomic E-state index is 12.9. The van der Waals surface area contributed by atoms with Gasteiger partial charge in [0.05, 0.1) is 11.3 Å². The molecular formula is C19H25F3N2OS. The highest BCUT2D eigenvalue weighted by Crippen LogP contribution is 2.38. The molecule has 144 valence electrons.